The maximum atomic E-state index is 13.6. The molecule has 11 atom stereocenters. The topological polar surface area (TPSA) is 154 Å². The molecule has 0 amide bonds. The van der Waals surface area contributed by atoms with Crippen LogP contribution < -0.4 is 0 Å². The molecule has 0 N–H and O–H groups in total. The molecular formula is C35H43NO11. The minimum atomic E-state index is -1.69. The number of allylic oxidation sites excluding steroid dienone is 2. The normalized spacial score (nSPS) is 38.2. The summed E-state index contributed by atoms with van der Waals surface area (Å²) in [7, 11) is 0. The van der Waals surface area contributed by atoms with Gasteiger partial charge in [0.05, 0.1) is 23.5 Å². The molecule has 1 aliphatic heterocycles. The first-order chi connectivity index (χ1) is 22.1. The van der Waals surface area contributed by atoms with Crippen molar-refractivity contribution in [1.82, 2.24) is 4.98 Å². The lowest BCUT2D eigenvalue weighted by molar-refractivity contribution is -0.246. The van der Waals surface area contributed by atoms with Gasteiger partial charge in [-0.2, -0.15) is 0 Å². The molecule has 3 aliphatic carbocycles. The van der Waals surface area contributed by atoms with E-state index >= 15 is 0 Å². The number of nitrogens with zero attached hydrogens (tertiary/aromatic N) is 1. The van der Waals surface area contributed by atoms with Crippen LogP contribution in [0.2, 0.25) is 0 Å². The van der Waals surface area contributed by atoms with E-state index in [1.54, 1.807) is 32.1 Å². The highest BCUT2D eigenvalue weighted by atomic mass is 16.6. The highest BCUT2D eigenvalue weighted by molar-refractivity contribution is 5.89. The first-order valence-electron chi connectivity index (χ1n) is 15.9. The van der Waals surface area contributed by atoms with Gasteiger partial charge in [0.15, 0.2) is 11.7 Å². The molecule has 3 fully saturated rings. The summed E-state index contributed by atoms with van der Waals surface area (Å²) in [5.74, 6) is -5.86. The molecular weight excluding hydrogens is 610 g/mol. The molecule has 1 aromatic rings. The van der Waals surface area contributed by atoms with Crippen LogP contribution in [-0.2, 0) is 47.6 Å². The van der Waals surface area contributed by atoms with Gasteiger partial charge in [-0.25, -0.2) is 4.79 Å². The van der Waals surface area contributed by atoms with E-state index in [4.69, 9.17) is 28.4 Å². The van der Waals surface area contributed by atoms with Gasteiger partial charge in [0.25, 0.3) is 0 Å². The molecule has 2 bridgehead atoms. The maximum Gasteiger partial charge on any atom is 0.340 e. The van der Waals surface area contributed by atoms with E-state index in [0.29, 0.717) is 0 Å². The van der Waals surface area contributed by atoms with Crippen LogP contribution in [0.1, 0.15) is 71.7 Å². The third kappa shape index (κ3) is 5.54. The summed E-state index contributed by atoms with van der Waals surface area (Å²) < 4.78 is 37.9. The molecule has 47 heavy (non-hydrogen) atoms. The summed E-state index contributed by atoms with van der Waals surface area (Å²) in [4.78, 5) is 69.8. The number of fused-ring (bicyclic) bond motifs is 1. The lowest BCUT2D eigenvalue weighted by Gasteiger charge is -2.51. The molecule has 2 heterocycles. The summed E-state index contributed by atoms with van der Waals surface area (Å²) in [5.41, 5.74) is -3.53. The summed E-state index contributed by atoms with van der Waals surface area (Å²) in [6.45, 7) is 15.0. The standard InChI is InChI=1S/C35H43NO11/c1-9-26(40)46-28-19(4)15-35(47-22(7)39)27(28)30(43-20(5)37)34-17-42-33(8,32(35)44-21(6)38)29(34)24(18(2)3)12-13-25(34)45-31(41)23-11-10-14-36-16-23/h10-14,16,19,24-25,27-30,32H,2,9,15,17H2,1,3-8H3/t19-,24+,25+,27+,28-,29-,30+,32-,33+,34+,35+/m0/s1. The Bertz CT molecular complexity index is 1490. The van der Waals surface area contributed by atoms with Gasteiger partial charge in [-0.1, -0.05) is 32.1 Å². The van der Waals surface area contributed by atoms with Crippen molar-refractivity contribution in [2.45, 2.75) is 96.9 Å². The second kappa shape index (κ2) is 12.5. The van der Waals surface area contributed by atoms with Crippen LogP contribution in [0.3, 0.4) is 0 Å². The molecule has 0 aromatic carbocycles. The van der Waals surface area contributed by atoms with Crippen molar-refractivity contribution in [3.05, 3.63) is 54.4 Å². The monoisotopic (exact) mass is 653 g/mol. The first-order valence-corrected chi connectivity index (χ1v) is 15.9. The Hall–Kier alpha value is -4.06. The zero-order valence-corrected chi connectivity index (χ0v) is 27.8. The SMILES string of the molecule is C=C(C)[C@H]1C=C[C@@H](OC(=O)c2cccnc2)[C@@]23CO[C@@](C)([C@H](OC(C)=O)[C@@]4(OC(C)=O)C[C@H](C)[C@H](OC(=O)CC)[C@@H]4[C@H]2OC(C)=O)[C@H]13. The van der Waals surface area contributed by atoms with Crippen LogP contribution >= 0.6 is 0 Å². The van der Waals surface area contributed by atoms with E-state index in [0.717, 1.165) is 5.57 Å². The average molecular weight is 654 g/mol. The fraction of sp³-hybridized carbons (Fsp3) is 0.600. The number of hydrogen-bond acceptors (Lipinski definition) is 12. The molecule has 4 aliphatic rings. The maximum absolute atomic E-state index is 13.6. The van der Waals surface area contributed by atoms with Gasteiger partial charge in [0.1, 0.15) is 23.9 Å². The van der Waals surface area contributed by atoms with Crippen LogP contribution in [0, 0.1) is 29.1 Å². The van der Waals surface area contributed by atoms with E-state index in [2.05, 4.69) is 11.6 Å². The number of hydrogen-bond donors (Lipinski definition) is 0. The van der Waals surface area contributed by atoms with Gasteiger partial charge in [0.2, 0.25) is 0 Å². The van der Waals surface area contributed by atoms with E-state index in [9.17, 15) is 24.0 Å². The Labute approximate surface area is 274 Å². The van der Waals surface area contributed by atoms with E-state index < -0.39 is 94.6 Å². The fourth-order valence-electron chi connectivity index (χ4n) is 8.90. The zero-order valence-electron chi connectivity index (χ0n) is 27.8. The van der Waals surface area contributed by atoms with Gasteiger partial charge < -0.3 is 28.4 Å². The van der Waals surface area contributed by atoms with Crippen LogP contribution in [0.15, 0.2) is 48.8 Å². The molecule has 0 spiro atoms. The summed E-state index contributed by atoms with van der Waals surface area (Å²) >= 11 is 0. The van der Waals surface area contributed by atoms with Crippen molar-refractivity contribution in [2.75, 3.05) is 6.61 Å². The molecule has 1 aromatic heterocycles. The lowest BCUT2D eigenvalue weighted by Crippen LogP contribution is -2.64. The number of carbonyl (C=O) groups is 5. The number of esters is 5. The Kier molecular flexibility index (Phi) is 9.13. The minimum Gasteiger partial charge on any atom is -0.461 e. The average Bonchev–Trinajstić information content (AvgIpc) is 3.45. The molecule has 12 nitrogen and oxygen atoms in total. The second-order valence-electron chi connectivity index (χ2n) is 13.5. The van der Waals surface area contributed by atoms with Crippen LogP contribution in [0.25, 0.3) is 0 Å². The fourth-order valence-corrected chi connectivity index (χ4v) is 8.90. The Morgan fingerprint density at radius 1 is 1.00 bits per heavy atom. The van der Waals surface area contributed by atoms with Crippen molar-refractivity contribution < 1.29 is 52.4 Å². The van der Waals surface area contributed by atoms with Crippen LogP contribution in [0.4, 0.5) is 0 Å². The summed E-state index contributed by atoms with van der Waals surface area (Å²) in [6.07, 6.45) is 2.15. The van der Waals surface area contributed by atoms with E-state index in [1.807, 2.05) is 19.9 Å². The third-order valence-electron chi connectivity index (χ3n) is 10.3. The predicted octanol–water partition coefficient (Wildman–Crippen LogP) is 3.92. The summed E-state index contributed by atoms with van der Waals surface area (Å²) in [5, 5.41) is 0. The van der Waals surface area contributed by atoms with Gasteiger partial charge in [-0.15, -0.1) is 0 Å². The number of carbonyl (C=O) groups excluding carboxylic acids is 5. The number of pyridine rings is 1. The Morgan fingerprint density at radius 2 is 1.70 bits per heavy atom. The lowest BCUT2D eigenvalue weighted by atomic mass is 9.55. The smallest absolute Gasteiger partial charge is 0.340 e. The molecule has 5 rings (SSSR count). The molecule has 1 saturated heterocycles. The van der Waals surface area contributed by atoms with Gasteiger partial charge >= 0.3 is 29.8 Å². The number of rotatable bonds is 8. The number of ether oxygens (including phenoxy) is 6. The largest absolute Gasteiger partial charge is 0.461 e. The molecule has 0 unspecified atom stereocenters. The van der Waals surface area contributed by atoms with Crippen molar-refractivity contribution >= 4 is 29.8 Å². The van der Waals surface area contributed by atoms with Crippen LogP contribution in [-0.4, -0.2) is 77.1 Å². The Morgan fingerprint density at radius 3 is 2.28 bits per heavy atom. The van der Waals surface area contributed by atoms with Gasteiger partial charge in [-0.3, -0.25) is 24.2 Å². The molecule has 0 radical (unpaired) electrons. The number of aromatic nitrogens is 1. The highest BCUT2D eigenvalue weighted by Crippen LogP contribution is 2.68. The third-order valence-corrected chi connectivity index (χ3v) is 10.3. The second-order valence-corrected chi connectivity index (χ2v) is 13.5. The van der Waals surface area contributed by atoms with E-state index in [1.165, 1.54) is 33.2 Å². The van der Waals surface area contributed by atoms with Gasteiger partial charge in [0, 0.05) is 51.4 Å². The van der Waals surface area contributed by atoms with Crippen LogP contribution in [0.5, 0.6) is 0 Å². The molecule has 254 valence electrons. The predicted molar refractivity (Wildman–Crippen MR) is 164 cm³/mol. The zero-order chi connectivity index (χ0) is 34.5. The van der Waals surface area contributed by atoms with Crippen molar-refractivity contribution in [1.29, 1.82) is 0 Å². The minimum absolute atomic E-state index is 0.0581. The molecule has 2 saturated carbocycles. The van der Waals surface area contributed by atoms with Gasteiger partial charge in [-0.05, 0) is 44.4 Å². The summed E-state index contributed by atoms with van der Waals surface area (Å²) in [6, 6.07) is 3.18. The van der Waals surface area contributed by atoms with Crippen molar-refractivity contribution in [2.24, 2.45) is 29.1 Å². The molecule has 12 heteroatoms. The van der Waals surface area contributed by atoms with Crippen molar-refractivity contribution in [3.63, 3.8) is 0 Å². The highest BCUT2D eigenvalue weighted by Gasteiger charge is 2.82. The van der Waals surface area contributed by atoms with Crippen molar-refractivity contribution in [3.8, 4) is 0 Å². The Balaban J connectivity index is 1.85. The van der Waals surface area contributed by atoms with E-state index in [-0.39, 0.29) is 25.0 Å². The quantitative estimate of drug-likeness (QED) is 0.227. The first kappa shape index (κ1) is 34.3.